The van der Waals surface area contributed by atoms with Gasteiger partial charge < -0.3 is 19.9 Å². The maximum Gasteiger partial charge on any atom is 0.325 e. The zero-order chi connectivity index (χ0) is 26.1. The summed E-state index contributed by atoms with van der Waals surface area (Å²) in [5, 5.41) is 20.4. The fraction of sp³-hybridized carbons (Fsp3) is 0.300. The lowest BCUT2D eigenvalue weighted by Crippen LogP contribution is -2.35. The molecule has 38 heavy (non-hydrogen) atoms. The van der Waals surface area contributed by atoms with Crippen molar-refractivity contribution >= 4 is 10.8 Å². The topological polar surface area (TPSA) is 120 Å². The quantitative estimate of drug-likeness (QED) is 0.227. The first-order valence-corrected chi connectivity index (χ1v) is 13.2. The van der Waals surface area contributed by atoms with Gasteiger partial charge >= 0.3 is 5.69 Å². The minimum absolute atomic E-state index is 0.142. The van der Waals surface area contributed by atoms with Crippen LogP contribution in [0.3, 0.4) is 0 Å². The molecule has 2 heterocycles. The van der Waals surface area contributed by atoms with Crippen LogP contribution in [-0.2, 0) is 6.42 Å². The predicted molar refractivity (Wildman–Crippen MR) is 146 cm³/mol. The molecule has 2 aromatic heterocycles. The zero-order valence-corrected chi connectivity index (χ0v) is 21.3. The molecule has 1 aliphatic carbocycles. The molecule has 3 aromatic carbocycles. The number of imidazole rings is 1. The molecule has 4 N–H and O–H groups in total. The Morgan fingerprint density at radius 2 is 1.87 bits per heavy atom. The Balaban J connectivity index is 1.11. The first-order valence-electron chi connectivity index (χ1n) is 13.2. The molecule has 0 saturated heterocycles. The van der Waals surface area contributed by atoms with E-state index in [0.29, 0.717) is 29.4 Å². The van der Waals surface area contributed by atoms with E-state index in [0.717, 1.165) is 12.0 Å². The summed E-state index contributed by atoms with van der Waals surface area (Å²) >= 11 is 0. The van der Waals surface area contributed by atoms with Crippen molar-refractivity contribution in [2.75, 3.05) is 0 Å². The minimum Gasteiger partial charge on any atom is -0.493 e. The van der Waals surface area contributed by atoms with Crippen molar-refractivity contribution in [1.82, 2.24) is 25.4 Å². The van der Waals surface area contributed by atoms with Crippen LogP contribution in [0.1, 0.15) is 67.3 Å². The molecule has 3 atom stereocenters. The number of fused-ring (bicyclic) bond motifs is 1. The molecule has 5 aromatic rings. The molecule has 1 unspecified atom stereocenters. The average molecular weight is 510 g/mol. The highest BCUT2D eigenvalue weighted by Gasteiger charge is 2.25. The third-order valence-corrected chi connectivity index (χ3v) is 7.67. The molecule has 0 amide bonds. The van der Waals surface area contributed by atoms with Crippen LogP contribution < -0.4 is 11.0 Å². The Kier molecular flexibility index (Phi) is 6.55. The van der Waals surface area contributed by atoms with Crippen LogP contribution in [-0.4, -0.2) is 31.3 Å². The molecule has 0 radical (unpaired) electrons. The third-order valence-electron chi connectivity index (χ3n) is 7.67. The molecule has 0 bridgehead atoms. The standard InChI is InChI=1S/C30H31N5O3/c1-18(24-11-5-7-20-6-2-3-10-25(20)24)31-23-9-4-8-22(16-23)19-12-14-21(15-13-19)28-33-27(38-35-28)17-26-29(36)34-30(37)32-26/h2-3,5-7,10-15,18,22-23,31,36H,4,8-9,16-17H2,1H3,(H2,32,34,37)/t18-,22?,23+/m1/s1. The highest BCUT2D eigenvalue weighted by molar-refractivity contribution is 5.86. The normalized spacial score (nSPS) is 18.6. The lowest BCUT2D eigenvalue weighted by Gasteiger charge is -2.32. The van der Waals surface area contributed by atoms with Gasteiger partial charge in [-0.2, -0.15) is 4.98 Å². The minimum atomic E-state index is -0.476. The summed E-state index contributed by atoms with van der Waals surface area (Å²) in [4.78, 5) is 20.6. The van der Waals surface area contributed by atoms with Crippen molar-refractivity contribution in [3.05, 3.63) is 99.9 Å². The van der Waals surface area contributed by atoms with Gasteiger partial charge in [0.2, 0.25) is 17.6 Å². The second kappa shape index (κ2) is 10.3. The van der Waals surface area contributed by atoms with Gasteiger partial charge in [-0.3, -0.25) is 4.98 Å². The molecule has 1 fully saturated rings. The number of nitrogens with one attached hydrogen (secondary N) is 3. The Hall–Kier alpha value is -4.17. The number of aromatic nitrogens is 4. The van der Waals surface area contributed by atoms with Crippen molar-refractivity contribution < 1.29 is 9.63 Å². The summed E-state index contributed by atoms with van der Waals surface area (Å²) in [5.74, 6) is 1.09. The number of hydrogen-bond donors (Lipinski definition) is 4. The van der Waals surface area contributed by atoms with Crippen LogP contribution >= 0.6 is 0 Å². The number of benzene rings is 3. The lowest BCUT2D eigenvalue weighted by molar-refractivity contribution is 0.319. The van der Waals surface area contributed by atoms with Gasteiger partial charge in [0.1, 0.15) is 0 Å². The van der Waals surface area contributed by atoms with E-state index in [9.17, 15) is 9.90 Å². The van der Waals surface area contributed by atoms with Crippen LogP contribution in [0.25, 0.3) is 22.2 Å². The van der Waals surface area contributed by atoms with Gasteiger partial charge in [-0.05, 0) is 54.0 Å². The van der Waals surface area contributed by atoms with Crippen molar-refractivity contribution in [3.8, 4) is 17.3 Å². The first-order chi connectivity index (χ1) is 18.5. The Labute approximate surface area is 220 Å². The van der Waals surface area contributed by atoms with Crippen molar-refractivity contribution in [2.24, 2.45) is 0 Å². The molecule has 8 nitrogen and oxygen atoms in total. The number of rotatable bonds is 7. The summed E-state index contributed by atoms with van der Waals surface area (Å²) < 4.78 is 5.33. The van der Waals surface area contributed by atoms with E-state index >= 15 is 0 Å². The third kappa shape index (κ3) is 4.99. The summed E-state index contributed by atoms with van der Waals surface area (Å²) in [7, 11) is 0. The molecule has 1 saturated carbocycles. The number of hydrogen-bond acceptors (Lipinski definition) is 6. The van der Waals surface area contributed by atoms with E-state index in [4.69, 9.17) is 4.52 Å². The van der Waals surface area contributed by atoms with Gasteiger partial charge in [0.05, 0.1) is 12.1 Å². The molecule has 6 rings (SSSR count). The second-order valence-corrected chi connectivity index (χ2v) is 10.2. The van der Waals surface area contributed by atoms with Crippen molar-refractivity contribution in [3.63, 3.8) is 0 Å². The van der Waals surface area contributed by atoms with Gasteiger partial charge in [0.15, 0.2) is 0 Å². The molecule has 0 aliphatic heterocycles. The number of H-pyrrole nitrogens is 2. The van der Waals surface area contributed by atoms with Gasteiger partial charge in [-0.15, -0.1) is 0 Å². The number of nitrogens with zero attached hydrogens (tertiary/aromatic N) is 2. The van der Waals surface area contributed by atoms with Crippen molar-refractivity contribution in [2.45, 2.75) is 57.0 Å². The molecule has 194 valence electrons. The van der Waals surface area contributed by atoms with Gasteiger partial charge in [-0.1, -0.05) is 78.3 Å². The fourth-order valence-corrected chi connectivity index (χ4v) is 5.75. The van der Waals surface area contributed by atoms with Crippen LogP contribution in [0, 0.1) is 0 Å². The summed E-state index contributed by atoms with van der Waals surface area (Å²) in [6.45, 7) is 2.27. The van der Waals surface area contributed by atoms with Gasteiger partial charge in [0.25, 0.3) is 0 Å². The van der Waals surface area contributed by atoms with Gasteiger partial charge in [0, 0.05) is 17.6 Å². The SMILES string of the molecule is C[C@@H](N[C@H]1CCCC(c2ccc(-c3noc(Cc4[nH]c(=O)[nH]c4O)n3)cc2)C1)c1cccc2ccccc12. The molecule has 0 spiro atoms. The summed E-state index contributed by atoms with van der Waals surface area (Å²) in [6.07, 6.45) is 4.83. The summed E-state index contributed by atoms with van der Waals surface area (Å²) in [5.41, 5.74) is 3.39. The molecule has 8 heteroatoms. The largest absolute Gasteiger partial charge is 0.493 e. The zero-order valence-electron chi connectivity index (χ0n) is 21.3. The predicted octanol–water partition coefficient (Wildman–Crippen LogP) is 5.58. The number of aromatic hydroxyl groups is 1. The molecular formula is C30H31N5O3. The summed E-state index contributed by atoms with van der Waals surface area (Å²) in [6, 6.07) is 24.3. The van der Waals surface area contributed by atoms with E-state index in [-0.39, 0.29) is 18.3 Å². The Morgan fingerprint density at radius 3 is 2.68 bits per heavy atom. The van der Waals surface area contributed by atoms with E-state index in [1.165, 1.54) is 41.2 Å². The molecular weight excluding hydrogens is 478 g/mol. The fourth-order valence-electron chi connectivity index (χ4n) is 5.75. The Bertz CT molecular complexity index is 1600. The maximum absolute atomic E-state index is 11.3. The van der Waals surface area contributed by atoms with E-state index in [2.05, 4.69) is 86.9 Å². The van der Waals surface area contributed by atoms with Crippen molar-refractivity contribution in [1.29, 1.82) is 0 Å². The molecule has 1 aliphatic rings. The Morgan fingerprint density at radius 1 is 1.05 bits per heavy atom. The van der Waals surface area contributed by atoms with Crippen LogP contribution in [0.4, 0.5) is 0 Å². The monoisotopic (exact) mass is 509 g/mol. The van der Waals surface area contributed by atoms with Crippen LogP contribution in [0.2, 0.25) is 0 Å². The highest BCUT2D eigenvalue weighted by Crippen LogP contribution is 2.35. The number of aromatic amines is 2. The highest BCUT2D eigenvalue weighted by atomic mass is 16.5. The van der Waals surface area contributed by atoms with Crippen LogP contribution in [0.5, 0.6) is 5.88 Å². The lowest BCUT2D eigenvalue weighted by atomic mass is 9.80. The van der Waals surface area contributed by atoms with E-state index in [1.807, 2.05) is 12.1 Å². The van der Waals surface area contributed by atoms with E-state index in [1.54, 1.807) is 0 Å². The van der Waals surface area contributed by atoms with E-state index < -0.39 is 5.69 Å². The second-order valence-electron chi connectivity index (χ2n) is 10.2. The maximum atomic E-state index is 11.3. The first kappa shape index (κ1) is 24.2. The smallest absolute Gasteiger partial charge is 0.325 e. The van der Waals surface area contributed by atoms with Crippen LogP contribution in [0.15, 0.2) is 76.0 Å². The van der Waals surface area contributed by atoms with Gasteiger partial charge in [-0.25, -0.2) is 4.79 Å². The average Bonchev–Trinajstić information content (AvgIpc) is 3.54.